The van der Waals surface area contributed by atoms with Crippen molar-refractivity contribution < 1.29 is 9.57 Å². The lowest BCUT2D eigenvalue weighted by Gasteiger charge is -2.27. The van der Waals surface area contributed by atoms with Crippen molar-refractivity contribution in [3.63, 3.8) is 0 Å². The molecule has 0 heterocycles. The van der Waals surface area contributed by atoms with Gasteiger partial charge in [0.05, 0.1) is 12.7 Å². The number of nitrogens with two attached hydrogens (primary N) is 1. The largest absolute Gasteiger partial charge is 0.381 e. The van der Waals surface area contributed by atoms with Gasteiger partial charge in [-0.15, -0.1) is 0 Å². The number of hydrogen-bond donors (Lipinski definition) is 1. The molecule has 0 saturated heterocycles. The Balaban J connectivity index is 2.21. The molecule has 1 fully saturated rings. The van der Waals surface area contributed by atoms with Crippen LogP contribution in [-0.2, 0) is 9.57 Å². The van der Waals surface area contributed by atoms with E-state index in [4.69, 9.17) is 10.6 Å². The minimum absolute atomic E-state index is 0.434. The summed E-state index contributed by atoms with van der Waals surface area (Å²) < 4.78 is 5.27. The standard InChI is InChI=1S/C8H17NO2/c1-10-8-4-2-3-7(5-8)6-11-9/h7-8H,2-6,9H2,1H3/t7-,8+/m0/s1. The van der Waals surface area contributed by atoms with Gasteiger partial charge in [0, 0.05) is 7.11 Å². The first-order chi connectivity index (χ1) is 5.36. The summed E-state index contributed by atoms with van der Waals surface area (Å²) in [5.74, 6) is 5.62. The third-order valence-corrected chi connectivity index (χ3v) is 2.40. The highest BCUT2D eigenvalue weighted by Crippen LogP contribution is 2.25. The summed E-state index contributed by atoms with van der Waals surface area (Å²) in [4.78, 5) is 4.62. The second kappa shape index (κ2) is 4.70. The van der Waals surface area contributed by atoms with Crippen LogP contribution in [0.25, 0.3) is 0 Å². The average molecular weight is 159 g/mol. The molecule has 2 N–H and O–H groups in total. The van der Waals surface area contributed by atoms with Crippen LogP contribution in [0.4, 0.5) is 0 Å². The number of methoxy groups -OCH3 is 1. The topological polar surface area (TPSA) is 44.5 Å². The molecular formula is C8H17NO2. The third kappa shape index (κ3) is 2.77. The van der Waals surface area contributed by atoms with Crippen LogP contribution in [-0.4, -0.2) is 19.8 Å². The lowest BCUT2D eigenvalue weighted by atomic mass is 9.88. The van der Waals surface area contributed by atoms with E-state index in [1.54, 1.807) is 7.11 Å². The molecule has 0 aromatic carbocycles. The first-order valence-electron chi connectivity index (χ1n) is 4.21. The number of rotatable bonds is 3. The van der Waals surface area contributed by atoms with E-state index >= 15 is 0 Å². The molecule has 11 heavy (non-hydrogen) atoms. The van der Waals surface area contributed by atoms with Crippen molar-refractivity contribution in [1.29, 1.82) is 0 Å². The van der Waals surface area contributed by atoms with Crippen molar-refractivity contribution in [3.05, 3.63) is 0 Å². The van der Waals surface area contributed by atoms with Gasteiger partial charge in [0.15, 0.2) is 0 Å². The minimum Gasteiger partial charge on any atom is -0.381 e. The molecule has 3 heteroatoms. The molecule has 1 aliphatic rings. The van der Waals surface area contributed by atoms with Crippen molar-refractivity contribution in [3.8, 4) is 0 Å². The van der Waals surface area contributed by atoms with Crippen LogP contribution in [0, 0.1) is 5.92 Å². The first kappa shape index (κ1) is 8.97. The zero-order chi connectivity index (χ0) is 8.10. The molecule has 66 valence electrons. The lowest BCUT2D eigenvalue weighted by Crippen LogP contribution is -2.25. The zero-order valence-electron chi connectivity index (χ0n) is 7.08. The van der Waals surface area contributed by atoms with E-state index in [1.165, 1.54) is 19.3 Å². The Morgan fingerprint density at radius 2 is 2.27 bits per heavy atom. The van der Waals surface area contributed by atoms with Gasteiger partial charge in [-0.25, -0.2) is 5.90 Å². The average Bonchev–Trinajstić information content (AvgIpc) is 2.06. The summed E-state index contributed by atoms with van der Waals surface area (Å²) in [6, 6.07) is 0. The Morgan fingerprint density at radius 1 is 1.45 bits per heavy atom. The highest BCUT2D eigenvalue weighted by molar-refractivity contribution is 4.72. The summed E-state index contributed by atoms with van der Waals surface area (Å²) in [7, 11) is 1.77. The van der Waals surface area contributed by atoms with Crippen LogP contribution in [0.1, 0.15) is 25.7 Å². The van der Waals surface area contributed by atoms with E-state index in [0.717, 1.165) is 6.42 Å². The third-order valence-electron chi connectivity index (χ3n) is 2.40. The van der Waals surface area contributed by atoms with Gasteiger partial charge in [-0.05, 0) is 25.2 Å². The van der Waals surface area contributed by atoms with Gasteiger partial charge in [0.1, 0.15) is 0 Å². The zero-order valence-corrected chi connectivity index (χ0v) is 7.08. The summed E-state index contributed by atoms with van der Waals surface area (Å²) in [6.45, 7) is 0.680. The fourth-order valence-electron chi connectivity index (χ4n) is 1.74. The van der Waals surface area contributed by atoms with Gasteiger partial charge in [0.25, 0.3) is 0 Å². The molecule has 0 unspecified atom stereocenters. The molecule has 0 aromatic rings. The molecule has 0 radical (unpaired) electrons. The molecule has 0 aromatic heterocycles. The Kier molecular flexibility index (Phi) is 3.83. The van der Waals surface area contributed by atoms with Crippen molar-refractivity contribution in [1.82, 2.24) is 0 Å². The Morgan fingerprint density at radius 3 is 2.91 bits per heavy atom. The Hall–Kier alpha value is -0.120. The molecule has 0 aliphatic heterocycles. The molecule has 0 bridgehead atoms. The van der Waals surface area contributed by atoms with Crippen molar-refractivity contribution in [2.45, 2.75) is 31.8 Å². The quantitative estimate of drug-likeness (QED) is 0.627. The first-order valence-corrected chi connectivity index (χ1v) is 4.21. The predicted molar refractivity (Wildman–Crippen MR) is 42.9 cm³/mol. The van der Waals surface area contributed by atoms with Crippen molar-refractivity contribution >= 4 is 0 Å². The fourth-order valence-corrected chi connectivity index (χ4v) is 1.74. The predicted octanol–water partition coefficient (Wildman–Crippen LogP) is 1.08. The minimum atomic E-state index is 0.434. The highest BCUT2D eigenvalue weighted by atomic mass is 16.6. The Bertz CT molecular complexity index is 106. The van der Waals surface area contributed by atoms with Gasteiger partial charge < -0.3 is 9.57 Å². The molecule has 0 spiro atoms. The maximum atomic E-state index is 5.27. The molecule has 1 saturated carbocycles. The van der Waals surface area contributed by atoms with E-state index in [0.29, 0.717) is 18.6 Å². The molecular weight excluding hydrogens is 142 g/mol. The van der Waals surface area contributed by atoms with Gasteiger partial charge in [0.2, 0.25) is 0 Å². The second-order valence-corrected chi connectivity index (χ2v) is 3.22. The van der Waals surface area contributed by atoms with Crippen LogP contribution in [0.15, 0.2) is 0 Å². The molecule has 3 nitrogen and oxygen atoms in total. The van der Waals surface area contributed by atoms with Crippen molar-refractivity contribution in [2.24, 2.45) is 11.8 Å². The summed E-state index contributed by atoms with van der Waals surface area (Å²) in [5, 5.41) is 0. The number of hydrogen-bond acceptors (Lipinski definition) is 3. The van der Waals surface area contributed by atoms with Crippen molar-refractivity contribution in [2.75, 3.05) is 13.7 Å². The van der Waals surface area contributed by atoms with E-state index in [9.17, 15) is 0 Å². The maximum absolute atomic E-state index is 5.27. The second-order valence-electron chi connectivity index (χ2n) is 3.22. The summed E-state index contributed by atoms with van der Waals surface area (Å²) in [6.07, 6.45) is 5.21. The fraction of sp³-hybridized carbons (Fsp3) is 1.00. The van der Waals surface area contributed by atoms with Crippen LogP contribution >= 0.6 is 0 Å². The van der Waals surface area contributed by atoms with Crippen LogP contribution in [0.5, 0.6) is 0 Å². The summed E-state index contributed by atoms with van der Waals surface area (Å²) >= 11 is 0. The molecule has 0 amide bonds. The van der Waals surface area contributed by atoms with E-state index < -0.39 is 0 Å². The Labute approximate surface area is 67.8 Å². The maximum Gasteiger partial charge on any atom is 0.0708 e. The van der Waals surface area contributed by atoms with Crippen LogP contribution in [0.3, 0.4) is 0 Å². The lowest BCUT2D eigenvalue weighted by molar-refractivity contribution is 0.0173. The highest BCUT2D eigenvalue weighted by Gasteiger charge is 2.21. The van der Waals surface area contributed by atoms with E-state index in [2.05, 4.69) is 4.84 Å². The summed E-state index contributed by atoms with van der Waals surface area (Å²) in [5.41, 5.74) is 0. The number of ether oxygens (including phenoxy) is 1. The van der Waals surface area contributed by atoms with Crippen LogP contribution in [0.2, 0.25) is 0 Å². The van der Waals surface area contributed by atoms with Gasteiger partial charge >= 0.3 is 0 Å². The van der Waals surface area contributed by atoms with Gasteiger partial charge in [-0.2, -0.15) is 0 Å². The smallest absolute Gasteiger partial charge is 0.0708 e. The van der Waals surface area contributed by atoms with Gasteiger partial charge in [-0.1, -0.05) is 6.42 Å². The van der Waals surface area contributed by atoms with E-state index in [-0.39, 0.29) is 0 Å². The SMILES string of the molecule is CO[C@@H]1CCC[C@H](CON)C1. The van der Waals surface area contributed by atoms with Gasteiger partial charge in [-0.3, -0.25) is 0 Å². The molecule has 1 rings (SSSR count). The molecule has 1 aliphatic carbocycles. The monoisotopic (exact) mass is 159 g/mol. The molecule has 2 atom stereocenters. The van der Waals surface area contributed by atoms with E-state index in [1.807, 2.05) is 0 Å². The van der Waals surface area contributed by atoms with Crippen LogP contribution < -0.4 is 5.90 Å². The normalized spacial score (nSPS) is 32.2.